The molecule has 0 aliphatic rings. The first-order chi connectivity index (χ1) is 15.5. The van der Waals surface area contributed by atoms with Crippen LogP contribution in [0.3, 0.4) is 0 Å². The zero-order chi connectivity index (χ0) is 22.2. The first-order valence-electron chi connectivity index (χ1n) is 9.82. The molecule has 0 saturated heterocycles. The van der Waals surface area contributed by atoms with E-state index in [4.69, 9.17) is 27.9 Å². The Bertz CT molecular complexity index is 1480. The van der Waals surface area contributed by atoms with Crippen LogP contribution in [0.15, 0.2) is 79.0 Å². The monoisotopic (exact) mass is 462 g/mol. The second-order valence-corrected chi connectivity index (χ2v) is 8.05. The van der Waals surface area contributed by atoms with Crippen molar-refractivity contribution >= 4 is 45.5 Å². The van der Waals surface area contributed by atoms with Gasteiger partial charge in [0.25, 0.3) is 0 Å². The first kappa shape index (κ1) is 20.4. The van der Waals surface area contributed by atoms with Gasteiger partial charge in [0.15, 0.2) is 10.9 Å². The van der Waals surface area contributed by atoms with Crippen molar-refractivity contribution in [1.29, 1.82) is 0 Å². The topological polar surface area (TPSA) is 63.8 Å². The lowest BCUT2D eigenvalue weighted by molar-refractivity contribution is 0.0699. The van der Waals surface area contributed by atoms with E-state index >= 15 is 0 Å². The Kier molecular flexibility index (Phi) is 5.21. The summed E-state index contributed by atoms with van der Waals surface area (Å²) < 4.78 is 7.58. The molecule has 0 aliphatic carbocycles. The van der Waals surface area contributed by atoms with Gasteiger partial charge in [-0.2, -0.15) is 5.10 Å². The number of benzene rings is 3. The Labute approximate surface area is 193 Å². The molecule has 3 aromatic carbocycles. The summed E-state index contributed by atoms with van der Waals surface area (Å²) in [7, 11) is 0. The molecule has 5 rings (SSSR count). The van der Waals surface area contributed by atoms with Crippen LogP contribution in [0.2, 0.25) is 10.2 Å². The summed E-state index contributed by atoms with van der Waals surface area (Å²) in [6.07, 6.45) is 1.30. The molecule has 0 saturated carbocycles. The van der Waals surface area contributed by atoms with Gasteiger partial charge in [-0.1, -0.05) is 83.9 Å². The molecule has 0 radical (unpaired) electrons. The predicted octanol–water partition coefficient (Wildman–Crippen LogP) is 6.74. The molecule has 2 aromatic heterocycles. The van der Waals surface area contributed by atoms with Crippen molar-refractivity contribution in [2.24, 2.45) is 0 Å². The van der Waals surface area contributed by atoms with Gasteiger partial charge in [-0.15, -0.1) is 0 Å². The van der Waals surface area contributed by atoms with Gasteiger partial charge in [0.05, 0.1) is 11.7 Å². The van der Waals surface area contributed by atoms with Crippen LogP contribution in [0.1, 0.15) is 15.9 Å². The van der Waals surface area contributed by atoms with E-state index in [1.807, 2.05) is 66.7 Å². The summed E-state index contributed by atoms with van der Waals surface area (Å²) >= 11 is 12.9. The molecule has 0 amide bonds. The van der Waals surface area contributed by atoms with E-state index in [-0.39, 0.29) is 10.7 Å². The van der Waals surface area contributed by atoms with E-state index < -0.39 is 5.97 Å². The fourth-order valence-corrected chi connectivity index (χ4v) is 4.34. The van der Waals surface area contributed by atoms with Crippen molar-refractivity contribution in [1.82, 2.24) is 9.61 Å². The molecule has 7 heteroatoms. The smallest absolute Gasteiger partial charge is 0.339 e. The minimum absolute atomic E-state index is 0.0565. The minimum atomic E-state index is -1.09. The lowest BCUT2D eigenvalue weighted by atomic mass is 9.96. The molecular formula is C25H16Cl2N2O3. The standard InChI is InChI=1S/C25H16Cl2N2O3/c26-17-9-4-8-16(12-17)18-10-5-11-19-21(18)22-20(25(30)31)13-28-29(22)24(27)23(19)32-14-15-6-2-1-3-7-15/h1-13H,14H2,(H,30,31). The quantitative estimate of drug-likeness (QED) is 0.293. The number of fused-ring (bicyclic) bond motifs is 3. The second kappa shape index (κ2) is 8.19. The zero-order valence-electron chi connectivity index (χ0n) is 16.6. The van der Waals surface area contributed by atoms with Gasteiger partial charge in [-0.25, -0.2) is 9.31 Å². The van der Waals surface area contributed by atoms with Crippen molar-refractivity contribution < 1.29 is 14.6 Å². The Hall–Kier alpha value is -3.54. The number of ether oxygens (including phenoxy) is 1. The van der Waals surface area contributed by atoms with Crippen LogP contribution in [0.5, 0.6) is 5.75 Å². The number of aromatic carboxylic acids is 1. The average Bonchev–Trinajstić information content (AvgIpc) is 3.25. The molecule has 5 nitrogen and oxygen atoms in total. The normalized spacial score (nSPS) is 11.2. The van der Waals surface area contributed by atoms with Gasteiger partial charge in [0.1, 0.15) is 12.2 Å². The van der Waals surface area contributed by atoms with E-state index in [9.17, 15) is 9.90 Å². The molecule has 0 spiro atoms. The van der Waals surface area contributed by atoms with Crippen LogP contribution < -0.4 is 4.74 Å². The highest BCUT2D eigenvalue weighted by Crippen LogP contribution is 2.42. The van der Waals surface area contributed by atoms with Crippen molar-refractivity contribution in [3.63, 3.8) is 0 Å². The van der Waals surface area contributed by atoms with Crippen LogP contribution >= 0.6 is 23.2 Å². The molecule has 1 N–H and O–H groups in total. The SMILES string of the molecule is O=C(O)c1cnn2c(Cl)c(OCc3ccccc3)c3cccc(-c4cccc(Cl)c4)c3c12. The maximum absolute atomic E-state index is 12.0. The maximum atomic E-state index is 12.0. The van der Waals surface area contributed by atoms with E-state index in [2.05, 4.69) is 5.10 Å². The minimum Gasteiger partial charge on any atom is -0.485 e. The van der Waals surface area contributed by atoms with Crippen molar-refractivity contribution in [2.45, 2.75) is 6.61 Å². The van der Waals surface area contributed by atoms with E-state index in [1.54, 1.807) is 6.07 Å². The third kappa shape index (κ3) is 3.45. The largest absolute Gasteiger partial charge is 0.485 e. The van der Waals surface area contributed by atoms with Gasteiger partial charge in [0.2, 0.25) is 0 Å². The molecule has 5 aromatic rings. The van der Waals surface area contributed by atoms with Crippen LogP contribution in [0.4, 0.5) is 0 Å². The lowest BCUT2D eigenvalue weighted by Gasteiger charge is -2.16. The van der Waals surface area contributed by atoms with Crippen LogP contribution in [0, 0.1) is 0 Å². The summed E-state index contributed by atoms with van der Waals surface area (Å²) in [6.45, 7) is 0.301. The van der Waals surface area contributed by atoms with Gasteiger partial charge in [-0.05, 0) is 28.8 Å². The molecule has 0 bridgehead atoms. The summed E-state index contributed by atoms with van der Waals surface area (Å²) in [4.78, 5) is 12.0. The van der Waals surface area contributed by atoms with Crippen LogP contribution in [0.25, 0.3) is 27.4 Å². The highest BCUT2D eigenvalue weighted by atomic mass is 35.5. The number of carbonyl (C=O) groups is 1. The maximum Gasteiger partial charge on any atom is 0.339 e. The fourth-order valence-electron chi connectivity index (χ4n) is 3.86. The lowest BCUT2D eigenvalue weighted by Crippen LogP contribution is -2.03. The number of rotatable bonds is 5. The average molecular weight is 463 g/mol. The number of nitrogens with zero attached hydrogens (tertiary/aromatic N) is 2. The Balaban J connectivity index is 1.82. The summed E-state index contributed by atoms with van der Waals surface area (Å²) in [5, 5.41) is 16.2. The predicted molar refractivity (Wildman–Crippen MR) is 126 cm³/mol. The highest BCUT2D eigenvalue weighted by molar-refractivity contribution is 6.34. The number of carboxylic acid groups (broad SMARTS) is 1. The molecular weight excluding hydrogens is 447 g/mol. The molecule has 158 valence electrons. The second-order valence-electron chi connectivity index (χ2n) is 7.26. The number of aromatic nitrogens is 2. The van der Waals surface area contributed by atoms with Crippen LogP contribution in [-0.4, -0.2) is 20.7 Å². The molecule has 2 heterocycles. The van der Waals surface area contributed by atoms with E-state index in [1.165, 1.54) is 10.7 Å². The Morgan fingerprint density at radius 1 is 1.00 bits per heavy atom. The van der Waals surface area contributed by atoms with Crippen molar-refractivity contribution in [2.75, 3.05) is 0 Å². The number of hydrogen-bond donors (Lipinski definition) is 1. The summed E-state index contributed by atoms with van der Waals surface area (Å²) in [5.41, 5.74) is 3.09. The third-order valence-electron chi connectivity index (χ3n) is 5.28. The molecule has 32 heavy (non-hydrogen) atoms. The zero-order valence-corrected chi connectivity index (χ0v) is 18.1. The molecule has 0 fully saturated rings. The van der Waals surface area contributed by atoms with Crippen molar-refractivity contribution in [3.8, 4) is 16.9 Å². The van der Waals surface area contributed by atoms with E-state index in [0.29, 0.717) is 33.7 Å². The van der Waals surface area contributed by atoms with Gasteiger partial charge < -0.3 is 9.84 Å². The Morgan fingerprint density at radius 2 is 1.78 bits per heavy atom. The van der Waals surface area contributed by atoms with Gasteiger partial charge in [-0.3, -0.25) is 0 Å². The number of pyridine rings is 1. The van der Waals surface area contributed by atoms with Crippen molar-refractivity contribution in [3.05, 3.63) is 100 Å². The molecule has 0 aliphatic heterocycles. The first-order valence-corrected chi connectivity index (χ1v) is 10.6. The van der Waals surface area contributed by atoms with Gasteiger partial charge >= 0.3 is 5.97 Å². The number of halogens is 2. The number of hydrogen-bond acceptors (Lipinski definition) is 3. The molecule has 0 atom stereocenters. The van der Waals surface area contributed by atoms with Gasteiger partial charge in [0, 0.05) is 15.8 Å². The third-order valence-corrected chi connectivity index (χ3v) is 5.85. The summed E-state index contributed by atoms with van der Waals surface area (Å²) in [6, 6.07) is 22.8. The highest BCUT2D eigenvalue weighted by Gasteiger charge is 2.23. The molecule has 0 unspecified atom stereocenters. The van der Waals surface area contributed by atoms with Crippen LogP contribution in [-0.2, 0) is 6.61 Å². The fraction of sp³-hybridized carbons (Fsp3) is 0.0400. The number of carboxylic acids is 1. The van der Waals surface area contributed by atoms with E-state index in [0.717, 1.165) is 16.7 Å². The summed E-state index contributed by atoms with van der Waals surface area (Å²) in [5.74, 6) is -0.654. The Morgan fingerprint density at radius 3 is 2.53 bits per heavy atom.